The van der Waals surface area contributed by atoms with Crippen LogP contribution in [-0.2, 0) is 0 Å². The maximum Gasteiger partial charge on any atom is 0.358 e. The van der Waals surface area contributed by atoms with Crippen LogP contribution in [0, 0.1) is 6.92 Å². The molecule has 0 aromatic heterocycles. The highest BCUT2D eigenvalue weighted by atomic mass is 16.2. The van der Waals surface area contributed by atoms with Gasteiger partial charge in [0.05, 0.1) is 0 Å². The van der Waals surface area contributed by atoms with E-state index in [0.29, 0.717) is 0 Å². The summed E-state index contributed by atoms with van der Waals surface area (Å²) in [5, 5.41) is 10.5. The van der Waals surface area contributed by atoms with Crippen molar-refractivity contribution in [3.63, 3.8) is 0 Å². The molecule has 1 nitrogen and oxygen atoms in total. The molecule has 0 amide bonds. The summed E-state index contributed by atoms with van der Waals surface area (Å²) in [5.41, 5.74) is 5.44. The molecule has 0 spiro atoms. The highest BCUT2D eigenvalue weighted by Crippen LogP contribution is 2.21. The SMILES string of the molecule is Cc1cc(B(O)c2ccccc2)ccc1-c1ccccc1. The van der Waals surface area contributed by atoms with Crippen molar-refractivity contribution in [3.8, 4) is 11.1 Å². The van der Waals surface area contributed by atoms with E-state index in [9.17, 15) is 5.02 Å². The maximum atomic E-state index is 10.5. The van der Waals surface area contributed by atoms with E-state index >= 15 is 0 Å². The largest absolute Gasteiger partial charge is 0.443 e. The number of hydrogen-bond acceptors (Lipinski definition) is 1. The molecule has 2 heteroatoms. The van der Waals surface area contributed by atoms with Gasteiger partial charge in [-0.15, -0.1) is 0 Å². The average Bonchev–Trinajstić information content (AvgIpc) is 2.55. The molecule has 0 bridgehead atoms. The monoisotopic (exact) mass is 272 g/mol. The molecule has 1 N–H and O–H groups in total. The molecule has 3 rings (SSSR count). The minimum Gasteiger partial charge on any atom is -0.443 e. The summed E-state index contributed by atoms with van der Waals surface area (Å²) in [6.07, 6.45) is 0. The molecule has 0 fully saturated rings. The summed E-state index contributed by atoms with van der Waals surface area (Å²) in [6, 6.07) is 26.2. The van der Waals surface area contributed by atoms with Gasteiger partial charge in [0, 0.05) is 0 Å². The Morgan fingerprint density at radius 2 is 1.33 bits per heavy atom. The summed E-state index contributed by atoms with van der Waals surface area (Å²) < 4.78 is 0. The van der Waals surface area contributed by atoms with Gasteiger partial charge in [-0.05, 0) is 34.5 Å². The van der Waals surface area contributed by atoms with Crippen LogP contribution in [0.5, 0.6) is 0 Å². The lowest BCUT2D eigenvalue weighted by atomic mass is 9.55. The van der Waals surface area contributed by atoms with Crippen molar-refractivity contribution in [2.45, 2.75) is 6.92 Å². The Balaban J connectivity index is 1.95. The van der Waals surface area contributed by atoms with Crippen molar-refractivity contribution >= 4 is 17.8 Å². The molecule has 0 heterocycles. The lowest BCUT2D eigenvalue weighted by Crippen LogP contribution is -2.42. The Morgan fingerprint density at radius 1 is 0.714 bits per heavy atom. The third-order valence-electron chi connectivity index (χ3n) is 3.77. The second-order valence-electron chi connectivity index (χ2n) is 5.25. The molecular weight excluding hydrogens is 255 g/mol. The van der Waals surface area contributed by atoms with Crippen LogP contribution < -0.4 is 10.9 Å². The van der Waals surface area contributed by atoms with E-state index < -0.39 is 6.92 Å². The first-order valence-corrected chi connectivity index (χ1v) is 7.14. The molecule has 3 aromatic rings. The fourth-order valence-corrected chi connectivity index (χ4v) is 2.63. The van der Waals surface area contributed by atoms with Crippen molar-refractivity contribution in [1.82, 2.24) is 0 Å². The summed E-state index contributed by atoms with van der Waals surface area (Å²) in [6.45, 7) is 1.51. The van der Waals surface area contributed by atoms with E-state index in [0.717, 1.165) is 10.9 Å². The Labute approximate surface area is 126 Å². The van der Waals surface area contributed by atoms with E-state index in [4.69, 9.17) is 0 Å². The van der Waals surface area contributed by atoms with Gasteiger partial charge in [-0.25, -0.2) is 0 Å². The molecule has 3 aromatic carbocycles. The van der Waals surface area contributed by atoms with Crippen LogP contribution in [0.2, 0.25) is 0 Å². The molecule has 0 aliphatic heterocycles. The topological polar surface area (TPSA) is 20.2 Å². The second kappa shape index (κ2) is 5.98. The fraction of sp³-hybridized carbons (Fsp3) is 0.0526. The predicted molar refractivity (Wildman–Crippen MR) is 90.3 cm³/mol. The lowest BCUT2D eigenvalue weighted by Gasteiger charge is -2.11. The second-order valence-corrected chi connectivity index (χ2v) is 5.25. The number of hydrogen-bond donors (Lipinski definition) is 1. The van der Waals surface area contributed by atoms with Gasteiger partial charge < -0.3 is 5.02 Å². The third-order valence-corrected chi connectivity index (χ3v) is 3.77. The lowest BCUT2D eigenvalue weighted by molar-refractivity contribution is 0.600. The van der Waals surface area contributed by atoms with Gasteiger partial charge in [0.1, 0.15) is 0 Å². The number of aryl methyl sites for hydroxylation is 1. The Kier molecular flexibility index (Phi) is 3.89. The maximum absolute atomic E-state index is 10.5. The zero-order chi connectivity index (χ0) is 14.7. The van der Waals surface area contributed by atoms with Crippen molar-refractivity contribution in [3.05, 3.63) is 84.4 Å². The molecule has 0 saturated carbocycles. The van der Waals surface area contributed by atoms with E-state index in [1.54, 1.807) is 0 Å². The highest BCUT2D eigenvalue weighted by molar-refractivity contribution is 6.78. The van der Waals surface area contributed by atoms with Crippen LogP contribution >= 0.6 is 0 Å². The van der Waals surface area contributed by atoms with Gasteiger partial charge >= 0.3 is 6.92 Å². The minimum atomic E-state index is -0.574. The predicted octanol–water partition coefficient (Wildman–Crippen LogP) is 2.76. The van der Waals surface area contributed by atoms with Crippen LogP contribution in [0.25, 0.3) is 11.1 Å². The van der Waals surface area contributed by atoms with Crippen LogP contribution in [-0.4, -0.2) is 11.9 Å². The molecule has 0 saturated heterocycles. The van der Waals surface area contributed by atoms with Crippen LogP contribution in [0.3, 0.4) is 0 Å². The summed E-state index contributed by atoms with van der Waals surface area (Å²) in [5.74, 6) is 0. The van der Waals surface area contributed by atoms with Crippen molar-refractivity contribution < 1.29 is 5.02 Å². The highest BCUT2D eigenvalue weighted by Gasteiger charge is 2.17. The van der Waals surface area contributed by atoms with Gasteiger partial charge in [-0.2, -0.15) is 0 Å². The standard InChI is InChI=1S/C19H17BO/c1-15-14-18(20(21)17-10-6-3-7-11-17)12-13-19(15)16-8-4-2-5-9-16/h2-14,21H,1H3. The van der Waals surface area contributed by atoms with Crippen LogP contribution in [0.4, 0.5) is 0 Å². The first-order chi connectivity index (χ1) is 10.3. The summed E-state index contributed by atoms with van der Waals surface area (Å²) >= 11 is 0. The molecule has 21 heavy (non-hydrogen) atoms. The Hall–Kier alpha value is -2.32. The van der Waals surface area contributed by atoms with Crippen LogP contribution in [0.1, 0.15) is 5.56 Å². The van der Waals surface area contributed by atoms with Gasteiger partial charge in [-0.1, -0.05) is 78.9 Å². The smallest absolute Gasteiger partial charge is 0.358 e. The molecular formula is C19H17BO. The zero-order valence-electron chi connectivity index (χ0n) is 12.0. The average molecular weight is 272 g/mol. The first kappa shape index (κ1) is 13.7. The summed E-state index contributed by atoms with van der Waals surface area (Å²) in [7, 11) is 0. The molecule has 0 aliphatic carbocycles. The fourth-order valence-electron chi connectivity index (χ4n) is 2.63. The molecule has 102 valence electrons. The quantitative estimate of drug-likeness (QED) is 0.727. The molecule has 0 atom stereocenters. The number of benzene rings is 3. The molecule has 0 radical (unpaired) electrons. The van der Waals surface area contributed by atoms with Crippen LogP contribution in [0.15, 0.2) is 78.9 Å². The van der Waals surface area contributed by atoms with E-state index in [2.05, 4.69) is 31.2 Å². The minimum absolute atomic E-state index is 0.574. The normalized spacial score (nSPS) is 10.4. The summed E-state index contributed by atoms with van der Waals surface area (Å²) in [4.78, 5) is 0. The Bertz CT molecular complexity index is 723. The van der Waals surface area contributed by atoms with Gasteiger partial charge in [-0.3, -0.25) is 0 Å². The molecule has 0 aliphatic rings. The number of rotatable bonds is 3. The van der Waals surface area contributed by atoms with E-state index in [-0.39, 0.29) is 0 Å². The van der Waals surface area contributed by atoms with Gasteiger partial charge in [0.15, 0.2) is 0 Å². The first-order valence-electron chi connectivity index (χ1n) is 7.14. The Morgan fingerprint density at radius 3 is 1.95 bits per heavy atom. The molecule has 0 unspecified atom stereocenters. The van der Waals surface area contributed by atoms with Crippen molar-refractivity contribution in [2.75, 3.05) is 0 Å². The van der Waals surface area contributed by atoms with Crippen molar-refractivity contribution in [1.29, 1.82) is 0 Å². The van der Waals surface area contributed by atoms with Gasteiger partial charge in [0.25, 0.3) is 0 Å². The van der Waals surface area contributed by atoms with E-state index in [1.807, 2.05) is 54.6 Å². The van der Waals surface area contributed by atoms with E-state index in [1.165, 1.54) is 16.7 Å². The zero-order valence-corrected chi connectivity index (χ0v) is 12.0. The van der Waals surface area contributed by atoms with Gasteiger partial charge in [0.2, 0.25) is 0 Å². The third kappa shape index (κ3) is 2.91. The van der Waals surface area contributed by atoms with Crippen molar-refractivity contribution in [2.24, 2.45) is 0 Å².